The maximum Gasteiger partial charge on any atom is 0.280 e. The molecule has 2 aromatic heterocycles. The first-order valence-electron chi connectivity index (χ1n) is 9.88. The van der Waals surface area contributed by atoms with Crippen LogP contribution in [0.15, 0.2) is 11.1 Å². The van der Waals surface area contributed by atoms with Gasteiger partial charge in [0.15, 0.2) is 17.4 Å². The zero-order valence-electron chi connectivity index (χ0n) is 18.9. The minimum Gasteiger partial charge on any atom is -0.822 e. The Morgan fingerprint density at radius 1 is 1.00 bits per heavy atom. The first-order chi connectivity index (χ1) is 16.7. The molecule has 0 spiro atoms. The van der Waals surface area contributed by atoms with Crippen molar-refractivity contribution in [3.8, 4) is 0 Å². The summed E-state index contributed by atoms with van der Waals surface area (Å²) in [5.41, 5.74) is 5.31. The first-order valence-corrected chi connectivity index (χ1v) is 12.8. The van der Waals surface area contributed by atoms with E-state index in [-0.39, 0.29) is 29.8 Å². The van der Waals surface area contributed by atoms with Crippen LogP contribution in [0.1, 0.15) is 20.1 Å². The third-order valence-electron chi connectivity index (χ3n) is 4.61. The summed E-state index contributed by atoms with van der Waals surface area (Å²) < 4.78 is 28.8. The minimum atomic E-state index is -5.39. The number of aromatic amines is 1. The van der Waals surface area contributed by atoms with Crippen molar-refractivity contribution in [2.24, 2.45) is 0 Å². The fourth-order valence-corrected chi connectivity index (χ4v) is 2.95. The number of nitrogen functional groups attached to an aromatic ring is 1. The summed E-state index contributed by atoms with van der Waals surface area (Å²) in [6.45, 7) is 3.64. The molecular formula is C15H23N5O15P2-6. The number of nitrogens with two attached hydrogens (primary N) is 1. The zero-order valence-corrected chi connectivity index (χ0v) is 20.7. The second-order valence-corrected chi connectivity index (χ2v) is 9.27. The highest BCUT2D eigenvalue weighted by Gasteiger charge is 2.42. The predicted octanol–water partition coefficient (Wildman–Crippen LogP) is -8.18. The van der Waals surface area contributed by atoms with Crippen molar-refractivity contribution in [2.75, 3.05) is 12.3 Å². The van der Waals surface area contributed by atoms with Crippen molar-refractivity contribution in [2.45, 2.75) is 56.7 Å². The van der Waals surface area contributed by atoms with Crippen LogP contribution < -0.4 is 40.7 Å². The fraction of sp³-hybridized carbons (Fsp3) is 0.667. The quantitative estimate of drug-likeness (QED) is 0.172. The van der Waals surface area contributed by atoms with Crippen LogP contribution in [0.4, 0.5) is 5.95 Å². The Morgan fingerprint density at radius 3 is 1.86 bits per heavy atom. The van der Waals surface area contributed by atoms with Crippen LogP contribution in [-0.4, -0.2) is 83.2 Å². The summed E-state index contributed by atoms with van der Waals surface area (Å²) in [5, 5.41) is 37.3. The van der Waals surface area contributed by atoms with Gasteiger partial charge in [0.25, 0.3) is 5.56 Å². The van der Waals surface area contributed by atoms with E-state index in [0.717, 1.165) is 0 Å². The molecule has 22 heteroatoms. The molecule has 7 atom stereocenters. The van der Waals surface area contributed by atoms with Crippen molar-refractivity contribution in [3.05, 3.63) is 16.7 Å². The summed E-state index contributed by atoms with van der Waals surface area (Å²) in [4.78, 5) is 73.1. The summed E-state index contributed by atoms with van der Waals surface area (Å²) in [7, 11) is -10.8. The molecule has 2 fully saturated rings. The summed E-state index contributed by atoms with van der Waals surface area (Å²) in [6.07, 6.45) is -3.77. The number of aliphatic hydroxyl groups is 4. The summed E-state index contributed by atoms with van der Waals surface area (Å²) >= 11 is 0. The van der Waals surface area contributed by atoms with Crippen molar-refractivity contribution in [1.82, 2.24) is 19.5 Å². The molecule has 0 amide bonds. The number of imidazole rings is 1. The van der Waals surface area contributed by atoms with E-state index in [9.17, 15) is 15.0 Å². The van der Waals surface area contributed by atoms with Crippen LogP contribution in [-0.2, 0) is 18.6 Å². The lowest BCUT2D eigenvalue weighted by Crippen LogP contribution is -2.30. The van der Waals surface area contributed by atoms with Gasteiger partial charge in [-0.05, 0) is 13.8 Å². The minimum absolute atomic E-state index is 0.0552. The molecule has 0 aromatic carbocycles. The van der Waals surface area contributed by atoms with E-state index in [2.05, 4.69) is 15.0 Å². The Bertz CT molecular complexity index is 1120. The molecule has 2 saturated heterocycles. The van der Waals surface area contributed by atoms with Gasteiger partial charge in [0, 0.05) is 0 Å². The molecule has 0 bridgehead atoms. The Hall–Kier alpha value is -1.87. The third-order valence-corrected chi connectivity index (χ3v) is 4.61. The molecule has 2 aromatic rings. The molecule has 0 aliphatic carbocycles. The standard InChI is InChI=1S/C10H13N5O4.C5H10O3.2H3O4P/c1-3-5(16)6(17)9(19-3)15-2-12-4-7(15)13-10(11)14-8(4)18;1-3-5(7)4(6)2-8-3;2*1-5(2,3)4/h2-3,5-6,9,16-17H,1H3,(H3,11,13,14,18);3-7H,2H2,1H3;2*(H3,1,2,3,4)/p-6. The number of aromatic nitrogens is 4. The van der Waals surface area contributed by atoms with Gasteiger partial charge in [0.05, 0.1) is 25.1 Å². The first kappa shape index (κ1) is 33.2. The molecule has 4 rings (SSSR count). The number of fused-ring (bicyclic) bond motifs is 1. The monoisotopic (exact) mass is 575 g/mol. The lowest BCUT2D eigenvalue weighted by atomic mass is 10.1. The number of hydrogen-bond donors (Lipinski definition) is 6. The van der Waals surface area contributed by atoms with E-state index < -0.39 is 58.0 Å². The molecule has 214 valence electrons. The molecule has 0 saturated carbocycles. The maximum absolute atomic E-state index is 11.6. The van der Waals surface area contributed by atoms with Crippen molar-refractivity contribution < 1.29 is 68.4 Å². The number of ether oxygens (including phenoxy) is 2. The van der Waals surface area contributed by atoms with Gasteiger partial charge in [-0.3, -0.25) is 14.3 Å². The fourth-order valence-electron chi connectivity index (χ4n) is 2.95. The van der Waals surface area contributed by atoms with Gasteiger partial charge in [0.2, 0.25) is 5.95 Å². The predicted molar refractivity (Wildman–Crippen MR) is 107 cm³/mol. The van der Waals surface area contributed by atoms with E-state index in [1.54, 1.807) is 13.8 Å². The average molecular weight is 575 g/mol. The van der Waals surface area contributed by atoms with Crippen LogP contribution in [0.2, 0.25) is 0 Å². The Labute approximate surface area is 207 Å². The molecule has 2 aliphatic rings. The number of phosphoric acid groups is 2. The average Bonchev–Trinajstić information content (AvgIpc) is 3.34. The van der Waals surface area contributed by atoms with Gasteiger partial charge in [0.1, 0.15) is 24.4 Å². The molecule has 4 heterocycles. The SMILES string of the molecule is CC1OC(n2cnc3c(=O)[nH]c(N)nc32)C(O)C1O.CC1OCC(O)C1O.O=P([O-])([O-])[O-].O=P([O-])([O-])[O-]. The van der Waals surface area contributed by atoms with Gasteiger partial charge in [-0.1, -0.05) is 0 Å². The smallest absolute Gasteiger partial charge is 0.280 e. The number of H-pyrrole nitrogens is 1. The lowest BCUT2D eigenvalue weighted by Gasteiger charge is -2.36. The topological polar surface area (TPSA) is 361 Å². The van der Waals surface area contributed by atoms with Gasteiger partial charge in [-0.15, -0.1) is 0 Å². The third kappa shape index (κ3) is 11.2. The van der Waals surface area contributed by atoms with E-state index >= 15 is 0 Å². The summed E-state index contributed by atoms with van der Waals surface area (Å²) in [5.74, 6) is -0.0552. The number of aliphatic hydroxyl groups excluding tert-OH is 4. The van der Waals surface area contributed by atoms with E-state index in [1.807, 2.05) is 0 Å². The normalized spacial score (nSPS) is 29.5. The number of nitrogens with one attached hydrogen (secondary N) is 1. The van der Waals surface area contributed by atoms with Gasteiger partial charge in [-0.2, -0.15) is 20.6 Å². The van der Waals surface area contributed by atoms with Crippen molar-refractivity contribution >= 4 is 32.8 Å². The number of anilines is 1. The maximum atomic E-state index is 11.6. The lowest BCUT2D eigenvalue weighted by molar-refractivity contribution is -0.434. The van der Waals surface area contributed by atoms with Gasteiger partial charge in [-0.25, -0.2) is 4.98 Å². The highest BCUT2D eigenvalue weighted by atomic mass is 31.2. The zero-order chi connectivity index (χ0) is 28.9. The van der Waals surface area contributed by atoms with Crippen LogP contribution in [0, 0.1) is 0 Å². The number of rotatable bonds is 1. The second kappa shape index (κ2) is 13.3. The molecule has 0 radical (unpaired) electrons. The Morgan fingerprint density at radius 2 is 1.51 bits per heavy atom. The summed E-state index contributed by atoms with van der Waals surface area (Å²) in [6, 6.07) is 0. The van der Waals surface area contributed by atoms with E-state index in [4.69, 9.17) is 63.9 Å². The van der Waals surface area contributed by atoms with Crippen LogP contribution >= 0.6 is 15.6 Å². The second-order valence-electron chi connectivity index (χ2n) is 7.48. The highest BCUT2D eigenvalue weighted by molar-refractivity contribution is 7.40. The molecule has 20 nitrogen and oxygen atoms in total. The Balaban J connectivity index is 0.000000313. The number of nitrogens with zero attached hydrogens (tertiary/aromatic N) is 3. The highest BCUT2D eigenvalue weighted by Crippen LogP contribution is 2.30. The number of hydrogen-bond acceptors (Lipinski definition) is 18. The van der Waals surface area contributed by atoms with Crippen LogP contribution in [0.25, 0.3) is 11.2 Å². The van der Waals surface area contributed by atoms with Gasteiger partial charge >= 0.3 is 0 Å². The molecule has 7 N–H and O–H groups in total. The van der Waals surface area contributed by atoms with Crippen molar-refractivity contribution in [1.29, 1.82) is 0 Å². The molecule has 37 heavy (non-hydrogen) atoms. The van der Waals surface area contributed by atoms with Gasteiger partial charge < -0.3 is 74.1 Å². The van der Waals surface area contributed by atoms with Crippen molar-refractivity contribution in [3.63, 3.8) is 0 Å². The molecule has 7 unspecified atom stereocenters. The molecule has 2 aliphatic heterocycles. The van der Waals surface area contributed by atoms with Crippen LogP contribution in [0.5, 0.6) is 0 Å². The van der Waals surface area contributed by atoms with E-state index in [0.29, 0.717) is 0 Å². The Kier molecular flexibility index (Phi) is 11.9. The largest absolute Gasteiger partial charge is 0.822 e. The van der Waals surface area contributed by atoms with Crippen LogP contribution in [0.3, 0.4) is 0 Å². The molecular weight excluding hydrogens is 552 g/mol. The van der Waals surface area contributed by atoms with E-state index in [1.165, 1.54) is 10.9 Å².